The summed E-state index contributed by atoms with van der Waals surface area (Å²) in [6.07, 6.45) is 9.02. The number of nitrogens with one attached hydrogen (secondary N) is 2. The first-order valence-electron chi connectivity index (χ1n) is 13.9. The molecule has 0 saturated heterocycles. The third-order valence-electron chi connectivity index (χ3n) is 8.25. The summed E-state index contributed by atoms with van der Waals surface area (Å²) in [5.74, 6) is 0.122. The number of sulfonamides is 1. The molecule has 8 nitrogen and oxygen atoms in total. The van der Waals surface area contributed by atoms with E-state index in [0.29, 0.717) is 17.4 Å². The smallest absolute Gasteiger partial charge is 0.237 e. The number of halogens is 1. The molecule has 10 heteroatoms. The van der Waals surface area contributed by atoms with Gasteiger partial charge in [-0.1, -0.05) is 6.08 Å². The molecule has 1 saturated carbocycles. The van der Waals surface area contributed by atoms with E-state index in [4.69, 9.17) is 4.74 Å². The second kappa shape index (κ2) is 11.7. The van der Waals surface area contributed by atoms with Crippen LogP contribution in [0, 0.1) is 11.7 Å². The van der Waals surface area contributed by atoms with Gasteiger partial charge < -0.3 is 9.72 Å². The molecule has 0 spiro atoms. The zero-order chi connectivity index (χ0) is 28.4. The van der Waals surface area contributed by atoms with Gasteiger partial charge in [0, 0.05) is 48.4 Å². The third-order valence-corrected chi connectivity index (χ3v) is 10.0. The molecule has 1 aliphatic heterocycles. The number of fused-ring (bicyclic) bond motifs is 1. The normalized spacial score (nSPS) is 20.5. The maximum Gasteiger partial charge on any atom is 0.237 e. The van der Waals surface area contributed by atoms with Crippen molar-refractivity contribution < 1.29 is 22.3 Å². The molecule has 3 aromatic rings. The van der Waals surface area contributed by atoms with Crippen molar-refractivity contribution >= 4 is 32.5 Å². The Labute approximate surface area is 235 Å². The quantitative estimate of drug-likeness (QED) is 0.384. The number of hydrogen-bond acceptors (Lipinski definition) is 6. The number of benzene rings is 1. The van der Waals surface area contributed by atoms with Crippen LogP contribution in [0.2, 0.25) is 0 Å². The second-order valence-corrected chi connectivity index (χ2v) is 13.4. The van der Waals surface area contributed by atoms with Crippen molar-refractivity contribution in [2.45, 2.75) is 63.7 Å². The Bertz CT molecular complexity index is 1520. The van der Waals surface area contributed by atoms with Crippen LogP contribution in [0.15, 0.2) is 42.6 Å². The molecule has 5 rings (SSSR count). The SMILES string of the molecule is COc1ccc(F)cc1-c1ccnc2[nH]c(C3=CCN([C@H]4CC[C@H](CC(=O)NS(=O)(=O)C(C)C)CC4)CC3)cc12. The number of aromatic amines is 1. The highest BCUT2D eigenvalue weighted by molar-refractivity contribution is 7.90. The number of carbonyl (C=O) groups is 1. The summed E-state index contributed by atoms with van der Waals surface area (Å²) in [4.78, 5) is 22.7. The highest BCUT2D eigenvalue weighted by Crippen LogP contribution is 2.37. The van der Waals surface area contributed by atoms with Crippen LogP contribution < -0.4 is 9.46 Å². The number of ether oxygens (including phenoxy) is 1. The number of H-pyrrole nitrogens is 1. The zero-order valence-corrected chi connectivity index (χ0v) is 24.1. The van der Waals surface area contributed by atoms with Gasteiger partial charge in [-0.2, -0.15) is 0 Å². The molecule has 1 fully saturated rings. The zero-order valence-electron chi connectivity index (χ0n) is 23.2. The molecule has 214 valence electrons. The van der Waals surface area contributed by atoms with E-state index in [2.05, 4.69) is 31.7 Å². The van der Waals surface area contributed by atoms with Gasteiger partial charge in [0.15, 0.2) is 0 Å². The van der Waals surface area contributed by atoms with Gasteiger partial charge in [0.25, 0.3) is 0 Å². The third kappa shape index (κ3) is 6.07. The number of hydrogen-bond donors (Lipinski definition) is 2. The average molecular weight is 569 g/mol. The fourth-order valence-corrected chi connectivity index (χ4v) is 6.52. The van der Waals surface area contributed by atoms with Crippen LogP contribution in [0.1, 0.15) is 58.1 Å². The Kier molecular flexibility index (Phi) is 8.28. The number of rotatable bonds is 8. The van der Waals surface area contributed by atoms with E-state index in [1.165, 1.54) is 17.7 Å². The lowest BCUT2D eigenvalue weighted by atomic mass is 9.83. The Morgan fingerprint density at radius 2 is 1.95 bits per heavy atom. The maximum absolute atomic E-state index is 14.1. The minimum absolute atomic E-state index is 0.222. The molecular formula is C30H37FN4O4S. The Morgan fingerprint density at radius 1 is 1.18 bits per heavy atom. The van der Waals surface area contributed by atoms with Crippen LogP contribution in [-0.4, -0.2) is 60.7 Å². The van der Waals surface area contributed by atoms with E-state index in [0.717, 1.165) is 67.5 Å². The minimum atomic E-state index is -3.58. The molecule has 2 N–H and O–H groups in total. The van der Waals surface area contributed by atoms with Gasteiger partial charge in [-0.25, -0.2) is 17.8 Å². The first-order chi connectivity index (χ1) is 19.1. The number of methoxy groups -OCH3 is 1. The molecular weight excluding hydrogens is 531 g/mol. The van der Waals surface area contributed by atoms with E-state index >= 15 is 0 Å². The highest BCUT2D eigenvalue weighted by Gasteiger charge is 2.29. The number of carbonyl (C=O) groups excluding carboxylic acids is 1. The van der Waals surface area contributed by atoms with Crippen LogP contribution in [-0.2, 0) is 14.8 Å². The van der Waals surface area contributed by atoms with Crippen LogP contribution >= 0.6 is 0 Å². The number of aromatic nitrogens is 2. The summed E-state index contributed by atoms with van der Waals surface area (Å²) >= 11 is 0. The van der Waals surface area contributed by atoms with Crippen LogP contribution in [0.3, 0.4) is 0 Å². The largest absolute Gasteiger partial charge is 0.496 e. The molecule has 0 atom stereocenters. The summed E-state index contributed by atoms with van der Waals surface area (Å²) in [5.41, 5.74) is 4.58. The lowest BCUT2D eigenvalue weighted by molar-refractivity contribution is -0.120. The molecule has 0 radical (unpaired) electrons. The topological polar surface area (TPSA) is 104 Å². The van der Waals surface area contributed by atoms with Gasteiger partial charge >= 0.3 is 0 Å². The van der Waals surface area contributed by atoms with Crippen molar-refractivity contribution in [3.05, 3.63) is 54.1 Å². The van der Waals surface area contributed by atoms with Gasteiger partial charge in [-0.3, -0.25) is 14.4 Å². The summed E-state index contributed by atoms with van der Waals surface area (Å²) in [7, 11) is -1.99. The second-order valence-electron chi connectivity index (χ2n) is 11.1. The highest BCUT2D eigenvalue weighted by atomic mass is 32.2. The maximum atomic E-state index is 14.1. The van der Waals surface area contributed by atoms with E-state index in [9.17, 15) is 17.6 Å². The molecule has 2 aliphatic rings. The van der Waals surface area contributed by atoms with Crippen molar-refractivity contribution in [2.75, 3.05) is 20.2 Å². The van der Waals surface area contributed by atoms with E-state index in [-0.39, 0.29) is 18.2 Å². The first kappa shape index (κ1) is 28.3. The van der Waals surface area contributed by atoms with Crippen molar-refractivity contribution in [3.63, 3.8) is 0 Å². The number of pyridine rings is 1. The number of nitrogens with zero attached hydrogens (tertiary/aromatic N) is 2. The Morgan fingerprint density at radius 3 is 2.62 bits per heavy atom. The molecule has 0 bridgehead atoms. The van der Waals surface area contributed by atoms with Crippen molar-refractivity contribution in [3.8, 4) is 16.9 Å². The predicted molar refractivity (Wildman–Crippen MR) is 155 cm³/mol. The first-order valence-corrected chi connectivity index (χ1v) is 15.5. The van der Waals surface area contributed by atoms with Crippen LogP contribution in [0.4, 0.5) is 4.39 Å². The van der Waals surface area contributed by atoms with Gasteiger partial charge in [-0.05, 0) is 93.3 Å². The predicted octanol–water partition coefficient (Wildman–Crippen LogP) is 5.27. The molecule has 1 amide bonds. The molecule has 1 aliphatic carbocycles. The van der Waals surface area contributed by atoms with Gasteiger partial charge in [0.1, 0.15) is 17.2 Å². The lowest BCUT2D eigenvalue weighted by Crippen LogP contribution is -2.41. The fraction of sp³-hybridized carbons (Fsp3) is 0.467. The van der Waals surface area contributed by atoms with Crippen molar-refractivity contribution in [1.29, 1.82) is 0 Å². The van der Waals surface area contributed by atoms with Gasteiger partial charge in [0.2, 0.25) is 15.9 Å². The standard InChI is InChI=1S/C30H37FN4O4S/c1-19(2)40(37,38)34-29(36)16-20-4-7-23(8-5-20)35-14-11-21(12-15-35)27-18-26-24(10-13-32-30(26)33-27)25-17-22(31)6-9-28(25)39-3/h6,9-11,13,17-20,23H,4-5,7-8,12,14-16H2,1-3H3,(H,32,33)(H,34,36)/t20-,23-. The lowest BCUT2D eigenvalue weighted by Gasteiger charge is -2.38. The molecule has 0 unspecified atom stereocenters. The van der Waals surface area contributed by atoms with Crippen molar-refractivity contribution in [1.82, 2.24) is 19.6 Å². The summed E-state index contributed by atoms with van der Waals surface area (Å²) < 4.78 is 45.7. The van der Waals surface area contributed by atoms with Crippen molar-refractivity contribution in [2.24, 2.45) is 5.92 Å². The molecule has 40 heavy (non-hydrogen) atoms. The average Bonchev–Trinajstić information content (AvgIpc) is 3.38. The van der Waals surface area contributed by atoms with E-state index < -0.39 is 21.2 Å². The summed E-state index contributed by atoms with van der Waals surface area (Å²) in [6.45, 7) is 4.93. The summed E-state index contributed by atoms with van der Waals surface area (Å²) in [5, 5.41) is 0.303. The summed E-state index contributed by atoms with van der Waals surface area (Å²) in [6, 6.07) is 8.98. The van der Waals surface area contributed by atoms with E-state index in [1.807, 2.05) is 6.07 Å². The molecule has 2 aromatic heterocycles. The van der Waals surface area contributed by atoms with E-state index in [1.54, 1.807) is 33.2 Å². The molecule has 3 heterocycles. The Hall–Kier alpha value is -3.24. The van der Waals surface area contributed by atoms with Gasteiger partial charge in [0.05, 0.1) is 12.4 Å². The van der Waals surface area contributed by atoms with Crippen LogP contribution in [0.25, 0.3) is 27.7 Å². The molecule has 1 aromatic carbocycles. The monoisotopic (exact) mass is 568 g/mol. The van der Waals surface area contributed by atoms with Crippen LogP contribution in [0.5, 0.6) is 5.75 Å². The Balaban J connectivity index is 1.22. The fourth-order valence-electron chi connectivity index (χ4n) is 5.88. The van der Waals surface area contributed by atoms with Gasteiger partial charge in [-0.15, -0.1) is 0 Å². The minimum Gasteiger partial charge on any atom is -0.496 e. The number of amides is 1.